The predicted octanol–water partition coefficient (Wildman–Crippen LogP) is 3.65. The van der Waals surface area contributed by atoms with E-state index in [-0.39, 0.29) is 23.3 Å². The van der Waals surface area contributed by atoms with Crippen LogP contribution in [0.4, 0.5) is 5.69 Å². The van der Waals surface area contributed by atoms with Gasteiger partial charge in [0.2, 0.25) is 0 Å². The smallest absolute Gasteiger partial charge is 0.287 e. The summed E-state index contributed by atoms with van der Waals surface area (Å²) in [4.78, 5) is 23.2. The first-order chi connectivity index (χ1) is 12.5. The van der Waals surface area contributed by atoms with E-state index >= 15 is 0 Å². The first kappa shape index (κ1) is 17.4. The van der Waals surface area contributed by atoms with Crippen molar-refractivity contribution >= 4 is 11.6 Å². The van der Waals surface area contributed by atoms with E-state index in [0.717, 1.165) is 11.1 Å². The van der Waals surface area contributed by atoms with Crippen LogP contribution in [-0.4, -0.2) is 15.4 Å². The van der Waals surface area contributed by atoms with Gasteiger partial charge in [-0.1, -0.05) is 60.7 Å². The number of hydrogen-bond donors (Lipinski definition) is 1. The number of carbonyl (C=O) groups is 1. The Labute approximate surface area is 151 Å². The maximum absolute atomic E-state index is 12.7. The maximum atomic E-state index is 12.7. The molecule has 0 aliphatic heterocycles. The van der Waals surface area contributed by atoms with Gasteiger partial charge < -0.3 is 9.88 Å². The molecule has 3 rings (SSSR count). The third-order valence-electron chi connectivity index (χ3n) is 4.22. The Morgan fingerprint density at radius 2 is 1.73 bits per heavy atom. The molecule has 26 heavy (non-hydrogen) atoms. The Kier molecular flexibility index (Phi) is 5.12. The molecule has 0 aliphatic rings. The minimum Gasteiger partial charge on any atom is -0.344 e. The molecule has 0 aliphatic carbocycles. The predicted molar refractivity (Wildman–Crippen MR) is 98.9 cm³/mol. The van der Waals surface area contributed by atoms with Crippen molar-refractivity contribution in [1.82, 2.24) is 9.88 Å². The topological polar surface area (TPSA) is 77.2 Å². The van der Waals surface area contributed by atoms with Gasteiger partial charge in [-0.3, -0.25) is 14.9 Å². The highest BCUT2D eigenvalue weighted by molar-refractivity contribution is 5.93. The second-order valence-electron chi connectivity index (χ2n) is 6.08. The second-order valence-corrected chi connectivity index (χ2v) is 6.08. The van der Waals surface area contributed by atoms with Crippen LogP contribution in [0.5, 0.6) is 0 Å². The van der Waals surface area contributed by atoms with Crippen molar-refractivity contribution in [2.24, 2.45) is 7.05 Å². The van der Waals surface area contributed by atoms with Gasteiger partial charge in [-0.15, -0.1) is 0 Å². The normalized spacial score (nSPS) is 11.7. The largest absolute Gasteiger partial charge is 0.344 e. The lowest BCUT2D eigenvalue weighted by molar-refractivity contribution is -0.384. The highest BCUT2D eigenvalue weighted by Crippen LogP contribution is 2.21. The SMILES string of the molecule is Cn1cc([N+](=O)[O-])cc1C(=O)N[C@@H](Cc1ccccc1)c1ccccc1. The van der Waals surface area contributed by atoms with E-state index in [0.29, 0.717) is 6.42 Å². The number of nitrogens with one attached hydrogen (secondary N) is 1. The van der Waals surface area contributed by atoms with Crippen LogP contribution in [0.15, 0.2) is 72.9 Å². The molecule has 1 amide bonds. The Morgan fingerprint density at radius 3 is 2.31 bits per heavy atom. The Bertz CT molecular complexity index is 905. The summed E-state index contributed by atoms with van der Waals surface area (Å²) in [7, 11) is 1.62. The molecule has 1 atom stereocenters. The van der Waals surface area contributed by atoms with Crippen LogP contribution in [0.3, 0.4) is 0 Å². The van der Waals surface area contributed by atoms with E-state index in [1.54, 1.807) is 7.05 Å². The van der Waals surface area contributed by atoms with Gasteiger partial charge in [0.25, 0.3) is 11.6 Å². The van der Waals surface area contributed by atoms with Crippen molar-refractivity contribution in [2.45, 2.75) is 12.5 Å². The quantitative estimate of drug-likeness (QED) is 0.545. The van der Waals surface area contributed by atoms with Crippen LogP contribution in [-0.2, 0) is 13.5 Å². The third-order valence-corrected chi connectivity index (χ3v) is 4.22. The van der Waals surface area contributed by atoms with Crippen LogP contribution in [0, 0.1) is 10.1 Å². The van der Waals surface area contributed by atoms with Crippen molar-refractivity contribution in [2.75, 3.05) is 0 Å². The third kappa shape index (κ3) is 3.97. The number of aromatic nitrogens is 1. The van der Waals surface area contributed by atoms with Gasteiger partial charge in [0.1, 0.15) is 5.69 Å². The number of hydrogen-bond acceptors (Lipinski definition) is 3. The van der Waals surface area contributed by atoms with Crippen molar-refractivity contribution in [1.29, 1.82) is 0 Å². The zero-order valence-electron chi connectivity index (χ0n) is 14.3. The summed E-state index contributed by atoms with van der Waals surface area (Å²) >= 11 is 0. The average Bonchev–Trinajstić information content (AvgIpc) is 3.05. The molecule has 1 aromatic heterocycles. The highest BCUT2D eigenvalue weighted by Gasteiger charge is 2.21. The molecular weight excluding hydrogens is 330 g/mol. The number of amides is 1. The average molecular weight is 349 g/mol. The van der Waals surface area contributed by atoms with Crippen molar-refractivity contribution in [3.8, 4) is 0 Å². The molecule has 2 aromatic carbocycles. The summed E-state index contributed by atoms with van der Waals surface area (Å²) in [6, 6.07) is 20.6. The van der Waals surface area contributed by atoms with Gasteiger partial charge >= 0.3 is 0 Å². The van der Waals surface area contributed by atoms with Gasteiger partial charge in [-0.25, -0.2) is 0 Å². The molecule has 0 radical (unpaired) electrons. The molecule has 0 fully saturated rings. The van der Waals surface area contributed by atoms with Gasteiger partial charge in [0.05, 0.1) is 17.2 Å². The van der Waals surface area contributed by atoms with Crippen molar-refractivity contribution in [3.05, 3.63) is 99.9 Å². The van der Waals surface area contributed by atoms with E-state index in [1.807, 2.05) is 60.7 Å². The zero-order chi connectivity index (χ0) is 18.5. The molecule has 1 N–H and O–H groups in total. The standard InChI is InChI=1S/C20H19N3O3/c1-22-14-17(23(25)26)13-19(22)20(24)21-18(16-10-6-3-7-11-16)12-15-8-4-2-5-9-15/h2-11,13-14,18H,12H2,1H3,(H,21,24)/t18-/m0/s1. The maximum Gasteiger partial charge on any atom is 0.287 e. The molecule has 3 aromatic rings. The molecule has 0 saturated heterocycles. The lowest BCUT2D eigenvalue weighted by atomic mass is 9.98. The van der Waals surface area contributed by atoms with Crippen LogP contribution >= 0.6 is 0 Å². The minimum absolute atomic E-state index is 0.100. The Morgan fingerprint density at radius 1 is 1.12 bits per heavy atom. The lowest BCUT2D eigenvalue weighted by Crippen LogP contribution is -2.31. The summed E-state index contributed by atoms with van der Waals surface area (Å²) in [6.45, 7) is 0. The van der Waals surface area contributed by atoms with E-state index in [1.165, 1.54) is 16.8 Å². The molecule has 0 saturated carbocycles. The summed E-state index contributed by atoms with van der Waals surface area (Å²) in [5, 5.41) is 13.9. The molecular formula is C20H19N3O3. The number of nitrogens with zero attached hydrogens (tertiary/aromatic N) is 2. The number of aryl methyl sites for hydroxylation is 1. The first-order valence-corrected chi connectivity index (χ1v) is 8.25. The van der Waals surface area contributed by atoms with Gasteiger partial charge in [-0.05, 0) is 17.5 Å². The summed E-state index contributed by atoms with van der Waals surface area (Å²) in [6.07, 6.45) is 1.97. The van der Waals surface area contributed by atoms with Crippen LogP contribution in [0.25, 0.3) is 0 Å². The fourth-order valence-corrected chi connectivity index (χ4v) is 2.89. The van der Waals surface area contributed by atoms with Gasteiger partial charge in [0, 0.05) is 13.1 Å². The van der Waals surface area contributed by atoms with E-state index in [9.17, 15) is 14.9 Å². The molecule has 0 spiro atoms. The van der Waals surface area contributed by atoms with E-state index in [2.05, 4.69) is 5.32 Å². The lowest BCUT2D eigenvalue weighted by Gasteiger charge is -2.19. The van der Waals surface area contributed by atoms with Crippen molar-refractivity contribution in [3.63, 3.8) is 0 Å². The summed E-state index contributed by atoms with van der Waals surface area (Å²) < 4.78 is 1.47. The molecule has 132 valence electrons. The number of carbonyl (C=O) groups excluding carboxylic acids is 1. The summed E-state index contributed by atoms with van der Waals surface area (Å²) in [5.74, 6) is -0.342. The molecule has 0 unspecified atom stereocenters. The van der Waals surface area contributed by atoms with Gasteiger partial charge in [0.15, 0.2) is 0 Å². The monoisotopic (exact) mass is 349 g/mol. The number of benzene rings is 2. The molecule has 6 nitrogen and oxygen atoms in total. The van der Waals surface area contributed by atoms with Crippen molar-refractivity contribution < 1.29 is 9.72 Å². The summed E-state index contributed by atoms with van der Waals surface area (Å²) in [5.41, 5.74) is 2.23. The fraction of sp³-hybridized carbons (Fsp3) is 0.150. The number of nitro groups is 1. The van der Waals surface area contributed by atoms with Crippen LogP contribution in [0.2, 0.25) is 0 Å². The Balaban J connectivity index is 1.85. The van der Waals surface area contributed by atoms with E-state index in [4.69, 9.17) is 0 Å². The van der Waals surface area contributed by atoms with Crippen LogP contribution in [0.1, 0.15) is 27.7 Å². The highest BCUT2D eigenvalue weighted by atomic mass is 16.6. The number of rotatable bonds is 6. The molecule has 1 heterocycles. The minimum atomic E-state index is -0.505. The van der Waals surface area contributed by atoms with Gasteiger partial charge in [-0.2, -0.15) is 0 Å². The second kappa shape index (κ2) is 7.65. The van der Waals surface area contributed by atoms with Crippen LogP contribution < -0.4 is 5.32 Å². The fourth-order valence-electron chi connectivity index (χ4n) is 2.89. The van der Waals surface area contributed by atoms with E-state index < -0.39 is 4.92 Å². The zero-order valence-corrected chi connectivity index (χ0v) is 14.3. The molecule has 0 bridgehead atoms. The molecule has 6 heteroatoms. The first-order valence-electron chi connectivity index (χ1n) is 8.25. The Hall–Kier alpha value is -3.41.